The van der Waals surface area contributed by atoms with Crippen molar-refractivity contribution in [3.63, 3.8) is 0 Å². The molecule has 1 aliphatic heterocycles. The zero-order valence-electron chi connectivity index (χ0n) is 17.1. The van der Waals surface area contributed by atoms with Crippen LogP contribution in [0.5, 0.6) is 0 Å². The lowest BCUT2D eigenvalue weighted by Crippen LogP contribution is -2.62. The second kappa shape index (κ2) is 9.15. The fraction of sp³-hybridized carbons (Fsp3) is 0.409. The number of likely N-dealkylation sites (N-methyl/N-ethyl adjacent to an activating group) is 1. The van der Waals surface area contributed by atoms with Gasteiger partial charge in [0.15, 0.2) is 5.60 Å². The Morgan fingerprint density at radius 3 is 2.62 bits per heavy atom. The number of hydrogen-bond acceptors (Lipinski definition) is 5. The summed E-state index contributed by atoms with van der Waals surface area (Å²) in [6.07, 6.45) is 3.85. The van der Waals surface area contributed by atoms with Gasteiger partial charge in [-0.1, -0.05) is 24.3 Å². The number of ether oxygens (including phenoxy) is 2. The van der Waals surface area contributed by atoms with E-state index in [2.05, 4.69) is 4.98 Å². The number of aromatic nitrogens is 1. The van der Waals surface area contributed by atoms with Crippen LogP contribution in [0, 0.1) is 0 Å². The number of pyridine rings is 1. The van der Waals surface area contributed by atoms with Crippen LogP contribution in [0.2, 0.25) is 0 Å². The molecule has 7 nitrogen and oxygen atoms in total. The second-order valence-electron chi connectivity index (χ2n) is 7.36. The zero-order valence-corrected chi connectivity index (χ0v) is 17.1. The van der Waals surface area contributed by atoms with E-state index in [1.165, 1.54) is 12.0 Å². The van der Waals surface area contributed by atoms with Crippen molar-refractivity contribution in [3.05, 3.63) is 54.4 Å². The van der Waals surface area contributed by atoms with Crippen LogP contribution in [0.15, 0.2) is 48.8 Å². The molecule has 2 aromatic rings. The molecule has 0 radical (unpaired) electrons. The van der Waals surface area contributed by atoms with E-state index in [1.807, 2.05) is 36.4 Å². The third-order valence-corrected chi connectivity index (χ3v) is 5.09. The molecule has 1 aromatic carbocycles. The van der Waals surface area contributed by atoms with E-state index in [-0.39, 0.29) is 25.0 Å². The van der Waals surface area contributed by atoms with Crippen LogP contribution in [0.4, 0.5) is 0 Å². The van der Waals surface area contributed by atoms with Crippen LogP contribution in [0.1, 0.15) is 5.56 Å². The largest absolute Gasteiger partial charge is 0.375 e. The highest BCUT2D eigenvalue weighted by atomic mass is 16.5. The molecule has 1 aromatic heterocycles. The van der Waals surface area contributed by atoms with Crippen molar-refractivity contribution in [1.29, 1.82) is 0 Å². The highest BCUT2D eigenvalue weighted by Gasteiger charge is 2.46. The van der Waals surface area contributed by atoms with Gasteiger partial charge in [0.05, 0.1) is 13.2 Å². The molecule has 1 atom stereocenters. The van der Waals surface area contributed by atoms with E-state index in [0.29, 0.717) is 19.6 Å². The predicted molar refractivity (Wildman–Crippen MR) is 109 cm³/mol. The molecular formula is C22H27N3O4. The minimum absolute atomic E-state index is 0.0141. The van der Waals surface area contributed by atoms with Crippen molar-refractivity contribution in [2.45, 2.75) is 12.0 Å². The van der Waals surface area contributed by atoms with E-state index in [4.69, 9.17) is 9.47 Å². The first-order valence-corrected chi connectivity index (χ1v) is 9.57. The molecule has 0 aliphatic carbocycles. The van der Waals surface area contributed by atoms with E-state index in [1.54, 1.807) is 31.4 Å². The van der Waals surface area contributed by atoms with Crippen LogP contribution < -0.4 is 0 Å². The van der Waals surface area contributed by atoms with Crippen molar-refractivity contribution in [3.8, 4) is 11.1 Å². The first-order chi connectivity index (χ1) is 14.0. The maximum absolute atomic E-state index is 13.2. The Kier molecular flexibility index (Phi) is 6.61. The molecule has 3 rings (SSSR count). The highest BCUT2D eigenvalue weighted by Crippen LogP contribution is 2.31. The van der Waals surface area contributed by atoms with Gasteiger partial charge < -0.3 is 19.3 Å². The molecule has 1 aliphatic rings. The molecular weight excluding hydrogens is 370 g/mol. The Labute approximate surface area is 171 Å². The van der Waals surface area contributed by atoms with Crippen LogP contribution >= 0.6 is 0 Å². The minimum Gasteiger partial charge on any atom is -0.375 e. The molecule has 2 amide bonds. The van der Waals surface area contributed by atoms with Gasteiger partial charge in [0.25, 0.3) is 5.91 Å². The van der Waals surface area contributed by atoms with Gasteiger partial charge in [-0.3, -0.25) is 14.6 Å². The number of amides is 2. The summed E-state index contributed by atoms with van der Waals surface area (Å²) < 4.78 is 11.1. The lowest BCUT2D eigenvalue weighted by molar-refractivity contribution is -0.173. The van der Waals surface area contributed by atoms with Crippen LogP contribution in [-0.2, 0) is 25.5 Å². The lowest BCUT2D eigenvalue weighted by Gasteiger charge is -2.43. The fourth-order valence-electron chi connectivity index (χ4n) is 3.73. The summed E-state index contributed by atoms with van der Waals surface area (Å²) >= 11 is 0. The summed E-state index contributed by atoms with van der Waals surface area (Å²) in [5.41, 5.74) is 1.87. The summed E-state index contributed by atoms with van der Waals surface area (Å²) in [7, 11) is 4.90. The molecule has 29 heavy (non-hydrogen) atoms. The van der Waals surface area contributed by atoms with E-state index < -0.39 is 5.60 Å². The second-order valence-corrected chi connectivity index (χ2v) is 7.36. The van der Waals surface area contributed by atoms with Gasteiger partial charge in [-0.2, -0.15) is 0 Å². The van der Waals surface area contributed by atoms with Crippen LogP contribution in [0.3, 0.4) is 0 Å². The van der Waals surface area contributed by atoms with Crippen molar-refractivity contribution < 1.29 is 19.1 Å². The monoisotopic (exact) mass is 397 g/mol. The summed E-state index contributed by atoms with van der Waals surface area (Å²) in [5.74, 6) is -0.300. The Bertz CT molecular complexity index is 856. The van der Waals surface area contributed by atoms with Crippen molar-refractivity contribution in [2.24, 2.45) is 0 Å². The smallest absolute Gasteiger partial charge is 0.256 e. The van der Waals surface area contributed by atoms with Gasteiger partial charge in [-0.05, 0) is 28.8 Å². The van der Waals surface area contributed by atoms with E-state index in [0.717, 1.165) is 16.7 Å². The zero-order chi connectivity index (χ0) is 20.9. The Balaban J connectivity index is 1.98. The van der Waals surface area contributed by atoms with Crippen molar-refractivity contribution >= 4 is 11.8 Å². The number of nitrogens with zero attached hydrogens (tertiary/aromatic N) is 3. The average molecular weight is 397 g/mol. The van der Waals surface area contributed by atoms with E-state index >= 15 is 0 Å². The Morgan fingerprint density at radius 2 is 1.93 bits per heavy atom. The van der Waals surface area contributed by atoms with Gasteiger partial charge in [0.2, 0.25) is 5.91 Å². The number of benzene rings is 1. The normalized spacial score (nSPS) is 19.1. The van der Waals surface area contributed by atoms with Gasteiger partial charge in [-0.15, -0.1) is 0 Å². The first-order valence-electron chi connectivity index (χ1n) is 9.57. The van der Waals surface area contributed by atoms with E-state index in [9.17, 15) is 9.59 Å². The molecule has 2 heterocycles. The van der Waals surface area contributed by atoms with Crippen molar-refractivity contribution in [2.75, 3.05) is 47.5 Å². The Hall–Kier alpha value is -2.77. The molecule has 1 unspecified atom stereocenters. The average Bonchev–Trinajstić information content (AvgIpc) is 2.74. The standard InChI is InChI=1S/C22H27N3O4/c1-24(2)21(27)22(16-25(12-13-29-22)20(26)15-28-3)14-18-6-4-5-7-19(18)17-8-10-23-11-9-17/h4-11H,12-16H2,1-3H3. The highest BCUT2D eigenvalue weighted by molar-refractivity contribution is 5.87. The minimum atomic E-state index is -1.14. The maximum Gasteiger partial charge on any atom is 0.256 e. The summed E-state index contributed by atoms with van der Waals surface area (Å²) in [4.78, 5) is 32.9. The first kappa shape index (κ1) is 21.0. The van der Waals surface area contributed by atoms with Gasteiger partial charge in [0.1, 0.15) is 6.61 Å². The topological polar surface area (TPSA) is 72.0 Å². The SMILES string of the molecule is COCC(=O)N1CCOC(Cc2ccccc2-c2ccncc2)(C(=O)N(C)C)C1. The summed E-state index contributed by atoms with van der Waals surface area (Å²) in [6, 6.07) is 11.8. The summed E-state index contributed by atoms with van der Waals surface area (Å²) in [5, 5.41) is 0. The molecule has 1 fully saturated rings. The molecule has 0 saturated carbocycles. The molecule has 0 spiro atoms. The predicted octanol–water partition coefficient (Wildman–Crippen LogP) is 1.62. The number of carbonyl (C=O) groups excluding carboxylic acids is 2. The number of rotatable bonds is 6. The number of methoxy groups -OCH3 is 1. The van der Waals surface area contributed by atoms with Gasteiger partial charge >= 0.3 is 0 Å². The summed E-state index contributed by atoms with van der Waals surface area (Å²) in [6.45, 7) is 0.917. The molecule has 7 heteroatoms. The van der Waals surface area contributed by atoms with Gasteiger partial charge in [0, 0.05) is 46.6 Å². The maximum atomic E-state index is 13.2. The molecule has 1 saturated heterocycles. The fourth-order valence-corrected chi connectivity index (χ4v) is 3.73. The van der Waals surface area contributed by atoms with Crippen LogP contribution in [-0.4, -0.2) is 79.7 Å². The Morgan fingerprint density at radius 1 is 1.21 bits per heavy atom. The number of morpholine rings is 1. The number of carbonyl (C=O) groups is 2. The molecule has 0 bridgehead atoms. The number of hydrogen-bond donors (Lipinski definition) is 0. The van der Waals surface area contributed by atoms with Crippen LogP contribution in [0.25, 0.3) is 11.1 Å². The lowest BCUT2D eigenvalue weighted by atomic mass is 9.87. The van der Waals surface area contributed by atoms with Gasteiger partial charge in [-0.25, -0.2) is 0 Å². The third-order valence-electron chi connectivity index (χ3n) is 5.09. The molecule has 0 N–H and O–H groups in total. The molecule has 154 valence electrons. The quantitative estimate of drug-likeness (QED) is 0.741. The van der Waals surface area contributed by atoms with Crippen molar-refractivity contribution in [1.82, 2.24) is 14.8 Å². The third kappa shape index (κ3) is 4.63.